The van der Waals surface area contributed by atoms with Gasteiger partial charge in [0.15, 0.2) is 0 Å². The standard InChI is InChI=1S/C11H26N4.2H2O4S/c1-4-12-6-2-8-14-10-11-15-9-3-7-13-5-1;2*1-5(2,3)4/h12-15H,1-11H2;2*(H2,1,2,3,4). The third kappa shape index (κ3) is 51.7. The van der Waals surface area contributed by atoms with Crippen LogP contribution in [0.25, 0.3) is 0 Å². The molecule has 1 saturated heterocycles. The van der Waals surface area contributed by atoms with Gasteiger partial charge in [-0.05, 0) is 58.5 Å². The van der Waals surface area contributed by atoms with Crippen molar-refractivity contribution in [1.29, 1.82) is 0 Å². The molecule has 1 heterocycles. The summed E-state index contributed by atoms with van der Waals surface area (Å²) < 4.78 is 63.2. The molecule has 1 aliphatic rings. The van der Waals surface area contributed by atoms with Gasteiger partial charge in [0.05, 0.1) is 0 Å². The second-order valence-corrected chi connectivity index (χ2v) is 6.75. The molecule has 0 unspecified atom stereocenters. The first kappa shape index (κ1) is 26.8. The van der Waals surface area contributed by atoms with Gasteiger partial charge in [0.25, 0.3) is 0 Å². The van der Waals surface area contributed by atoms with Crippen molar-refractivity contribution >= 4 is 20.8 Å². The molecule has 0 atom stereocenters. The summed E-state index contributed by atoms with van der Waals surface area (Å²) in [6.45, 7) is 9.01. The summed E-state index contributed by atoms with van der Waals surface area (Å²) >= 11 is 0. The Kier molecular flexibility index (Phi) is 18.2. The van der Waals surface area contributed by atoms with Crippen molar-refractivity contribution in [3.8, 4) is 0 Å². The minimum absolute atomic E-state index is 1.09. The van der Waals surface area contributed by atoms with Crippen LogP contribution in [0.1, 0.15) is 19.3 Å². The number of rotatable bonds is 0. The number of hydrogen-bond acceptors (Lipinski definition) is 8. The Balaban J connectivity index is 0. The van der Waals surface area contributed by atoms with Crippen molar-refractivity contribution in [2.45, 2.75) is 19.3 Å². The van der Waals surface area contributed by atoms with Gasteiger partial charge < -0.3 is 21.3 Å². The molecule has 0 amide bonds. The molecule has 0 aliphatic carbocycles. The summed E-state index contributed by atoms with van der Waals surface area (Å²) in [6.07, 6.45) is 3.70. The van der Waals surface area contributed by atoms with E-state index in [0.29, 0.717) is 0 Å². The average Bonchev–Trinajstić information content (AvgIpc) is 2.42. The van der Waals surface area contributed by atoms with Gasteiger partial charge in [0.2, 0.25) is 0 Å². The minimum atomic E-state index is -4.67. The molecule has 0 saturated carbocycles. The Bertz CT molecular complexity index is 382. The molecule has 1 rings (SSSR count). The van der Waals surface area contributed by atoms with Crippen molar-refractivity contribution in [3.05, 3.63) is 0 Å². The van der Waals surface area contributed by atoms with Crippen LogP contribution in [0.15, 0.2) is 0 Å². The summed E-state index contributed by atoms with van der Waals surface area (Å²) in [5.41, 5.74) is 0. The van der Waals surface area contributed by atoms with Crippen LogP contribution in [0, 0.1) is 0 Å². The smallest absolute Gasteiger partial charge is 0.317 e. The van der Waals surface area contributed by atoms with E-state index in [1.807, 2.05) is 0 Å². The van der Waals surface area contributed by atoms with E-state index in [4.69, 9.17) is 35.0 Å². The average molecular weight is 411 g/mol. The van der Waals surface area contributed by atoms with Gasteiger partial charge in [-0.15, -0.1) is 0 Å². The van der Waals surface area contributed by atoms with Gasteiger partial charge >= 0.3 is 20.8 Å². The molecule has 14 heteroatoms. The highest BCUT2D eigenvalue weighted by molar-refractivity contribution is 7.80. The highest BCUT2D eigenvalue weighted by Crippen LogP contribution is 1.79. The van der Waals surface area contributed by atoms with E-state index in [-0.39, 0.29) is 0 Å². The van der Waals surface area contributed by atoms with Crippen molar-refractivity contribution in [3.63, 3.8) is 0 Å². The van der Waals surface area contributed by atoms with Crippen molar-refractivity contribution in [2.24, 2.45) is 0 Å². The molecule has 1 fully saturated rings. The molecule has 1 aliphatic heterocycles. The molecule has 12 nitrogen and oxygen atoms in total. The maximum Gasteiger partial charge on any atom is 0.394 e. The fourth-order valence-corrected chi connectivity index (χ4v) is 1.69. The lowest BCUT2D eigenvalue weighted by Crippen LogP contribution is -2.30. The Morgan fingerprint density at radius 1 is 0.440 bits per heavy atom. The number of nitrogens with one attached hydrogen (secondary N) is 4. The van der Waals surface area contributed by atoms with Crippen LogP contribution in [0.5, 0.6) is 0 Å². The highest BCUT2D eigenvalue weighted by Gasteiger charge is 1.93. The second kappa shape index (κ2) is 17.0. The Labute approximate surface area is 149 Å². The first-order valence-electron chi connectivity index (χ1n) is 7.73. The highest BCUT2D eigenvalue weighted by atomic mass is 32.3. The lowest BCUT2D eigenvalue weighted by atomic mass is 10.3. The van der Waals surface area contributed by atoms with Crippen molar-refractivity contribution in [1.82, 2.24) is 21.3 Å². The normalized spacial score (nSPS) is 19.0. The molecule has 0 aromatic rings. The topological polar surface area (TPSA) is 197 Å². The lowest BCUT2D eigenvalue weighted by molar-refractivity contribution is 0.378. The van der Waals surface area contributed by atoms with Crippen LogP contribution in [0.2, 0.25) is 0 Å². The molecular weight excluding hydrogens is 380 g/mol. The SMILES string of the molecule is C1CNCCCNCCNCCCNC1.O=S(=O)(O)O.O=S(=O)(O)O. The summed E-state index contributed by atoms with van der Waals surface area (Å²) in [4.78, 5) is 0. The maximum absolute atomic E-state index is 8.74. The van der Waals surface area contributed by atoms with Crippen LogP contribution in [-0.2, 0) is 20.8 Å². The second-order valence-electron chi connectivity index (χ2n) is 4.96. The molecule has 154 valence electrons. The Morgan fingerprint density at radius 3 is 0.800 bits per heavy atom. The summed E-state index contributed by atoms with van der Waals surface area (Å²) in [7, 11) is -9.33. The first-order chi connectivity index (χ1) is 11.5. The fraction of sp³-hybridized carbons (Fsp3) is 1.00. The third-order valence-corrected chi connectivity index (χ3v) is 2.60. The van der Waals surface area contributed by atoms with Gasteiger partial charge in [0.1, 0.15) is 0 Å². The van der Waals surface area contributed by atoms with Gasteiger partial charge in [-0.2, -0.15) is 16.8 Å². The molecule has 0 aromatic carbocycles. The van der Waals surface area contributed by atoms with E-state index in [9.17, 15) is 0 Å². The van der Waals surface area contributed by atoms with E-state index in [1.165, 1.54) is 19.3 Å². The minimum Gasteiger partial charge on any atom is -0.317 e. The molecular formula is C11H30N4O8S2. The van der Waals surface area contributed by atoms with E-state index >= 15 is 0 Å². The van der Waals surface area contributed by atoms with Crippen molar-refractivity contribution < 1.29 is 35.0 Å². The van der Waals surface area contributed by atoms with Crippen LogP contribution in [0.3, 0.4) is 0 Å². The monoisotopic (exact) mass is 410 g/mol. The summed E-state index contributed by atoms with van der Waals surface area (Å²) in [5, 5.41) is 13.8. The zero-order chi connectivity index (χ0) is 19.6. The van der Waals surface area contributed by atoms with E-state index in [1.54, 1.807) is 0 Å². The zero-order valence-electron chi connectivity index (χ0n) is 14.0. The molecule has 0 bridgehead atoms. The van der Waals surface area contributed by atoms with Gasteiger partial charge in [-0.1, -0.05) is 0 Å². The van der Waals surface area contributed by atoms with Gasteiger partial charge in [-0.25, -0.2) is 0 Å². The van der Waals surface area contributed by atoms with E-state index in [2.05, 4.69) is 21.3 Å². The molecule has 0 radical (unpaired) electrons. The third-order valence-electron chi connectivity index (χ3n) is 2.60. The lowest BCUT2D eigenvalue weighted by Gasteiger charge is -2.06. The predicted molar refractivity (Wildman–Crippen MR) is 93.7 cm³/mol. The number of hydrogen-bond donors (Lipinski definition) is 8. The summed E-state index contributed by atoms with van der Waals surface area (Å²) in [6, 6.07) is 0. The van der Waals surface area contributed by atoms with Crippen LogP contribution in [0.4, 0.5) is 0 Å². The predicted octanol–water partition coefficient (Wildman–Crippen LogP) is -1.78. The van der Waals surface area contributed by atoms with Gasteiger partial charge in [0, 0.05) is 13.1 Å². The van der Waals surface area contributed by atoms with Crippen LogP contribution < -0.4 is 21.3 Å². The quantitative estimate of drug-likeness (QED) is 0.209. The zero-order valence-corrected chi connectivity index (χ0v) is 15.6. The fourth-order valence-electron chi connectivity index (χ4n) is 1.69. The largest absolute Gasteiger partial charge is 0.394 e. The van der Waals surface area contributed by atoms with Crippen molar-refractivity contribution in [2.75, 3.05) is 52.4 Å². The maximum atomic E-state index is 8.74. The molecule has 0 aromatic heterocycles. The van der Waals surface area contributed by atoms with Gasteiger partial charge in [-0.3, -0.25) is 18.2 Å². The van der Waals surface area contributed by atoms with Crippen LogP contribution in [-0.4, -0.2) is 87.4 Å². The molecule has 8 N–H and O–H groups in total. The molecule has 25 heavy (non-hydrogen) atoms. The Morgan fingerprint density at radius 2 is 0.600 bits per heavy atom. The summed E-state index contributed by atoms with van der Waals surface area (Å²) in [5.74, 6) is 0. The van der Waals surface area contributed by atoms with E-state index < -0.39 is 20.8 Å². The molecule has 0 spiro atoms. The van der Waals surface area contributed by atoms with E-state index in [0.717, 1.165) is 52.4 Å². The first-order valence-corrected chi connectivity index (χ1v) is 10.5. The van der Waals surface area contributed by atoms with Crippen LogP contribution >= 0.6 is 0 Å². The Hall–Kier alpha value is -0.420.